The zero-order chi connectivity index (χ0) is 16.1. The summed E-state index contributed by atoms with van der Waals surface area (Å²) in [7, 11) is 0. The maximum Gasteiger partial charge on any atom is 0.272 e. The van der Waals surface area contributed by atoms with Crippen molar-refractivity contribution < 1.29 is 18.8 Å². The number of thiophene rings is 1. The van der Waals surface area contributed by atoms with E-state index in [4.69, 9.17) is 16.3 Å². The molecule has 1 aromatic carbocycles. The fourth-order valence-corrected chi connectivity index (χ4v) is 2.57. The number of amides is 1. The smallest absolute Gasteiger partial charge is 0.272 e. The molecule has 0 aliphatic rings. The molecule has 0 aliphatic heterocycles. The number of rotatable bonds is 6. The highest BCUT2D eigenvalue weighted by Gasteiger charge is 2.12. The number of nitrogens with zero attached hydrogens (tertiary/aromatic N) is 1. The van der Waals surface area contributed by atoms with Gasteiger partial charge in [-0.2, -0.15) is 0 Å². The molecule has 1 amide bonds. The highest BCUT2D eigenvalue weighted by molar-refractivity contribution is 7.16. The van der Waals surface area contributed by atoms with E-state index in [1.165, 1.54) is 11.3 Å². The monoisotopic (exact) mass is 344 g/mol. The van der Waals surface area contributed by atoms with Crippen LogP contribution in [0.5, 0.6) is 5.75 Å². The molecular weight excluding hydrogens is 335 g/mol. The molecule has 9 heteroatoms. The van der Waals surface area contributed by atoms with Crippen molar-refractivity contribution in [1.82, 2.24) is 5.32 Å². The van der Waals surface area contributed by atoms with Crippen LogP contribution in [0.15, 0.2) is 30.3 Å². The number of hydrogen-bond acceptors (Lipinski definition) is 5. The third kappa shape index (κ3) is 4.40. The molecule has 2 rings (SSSR count). The molecular formula is C13H10ClFN2O4S. The fraction of sp³-hybridized carbons (Fsp3) is 0.154. The minimum atomic E-state index is -0.896. The van der Waals surface area contributed by atoms with Crippen LogP contribution in [0, 0.1) is 15.9 Å². The van der Waals surface area contributed by atoms with Gasteiger partial charge in [0.05, 0.1) is 21.9 Å². The number of ether oxygens (including phenoxy) is 1. The van der Waals surface area contributed by atoms with Crippen LogP contribution in [0.4, 0.5) is 10.1 Å². The second-order valence-electron chi connectivity index (χ2n) is 4.14. The fourth-order valence-electron chi connectivity index (χ4n) is 1.55. The Hall–Kier alpha value is -2.19. The topological polar surface area (TPSA) is 81.5 Å². The van der Waals surface area contributed by atoms with Crippen molar-refractivity contribution >= 4 is 34.5 Å². The molecule has 0 bridgehead atoms. The van der Waals surface area contributed by atoms with Crippen LogP contribution in [0.25, 0.3) is 0 Å². The van der Waals surface area contributed by atoms with E-state index in [1.54, 1.807) is 12.1 Å². The lowest BCUT2D eigenvalue weighted by Crippen LogP contribution is -2.28. The van der Waals surface area contributed by atoms with Crippen molar-refractivity contribution in [3.05, 3.63) is 55.5 Å². The van der Waals surface area contributed by atoms with Crippen LogP contribution in [0.2, 0.25) is 4.34 Å². The lowest BCUT2D eigenvalue weighted by molar-refractivity contribution is -0.385. The van der Waals surface area contributed by atoms with E-state index in [0.717, 1.165) is 23.1 Å². The molecule has 0 radical (unpaired) electrons. The second kappa shape index (κ2) is 7.19. The van der Waals surface area contributed by atoms with Gasteiger partial charge in [-0.3, -0.25) is 14.9 Å². The van der Waals surface area contributed by atoms with Crippen LogP contribution < -0.4 is 10.1 Å². The summed E-state index contributed by atoms with van der Waals surface area (Å²) in [5.41, 5.74) is -0.385. The maximum atomic E-state index is 13.5. The molecule has 116 valence electrons. The second-order valence-corrected chi connectivity index (χ2v) is 5.94. The predicted molar refractivity (Wildman–Crippen MR) is 79.7 cm³/mol. The molecule has 22 heavy (non-hydrogen) atoms. The molecule has 1 aromatic heterocycles. The molecule has 0 unspecified atom stereocenters. The Morgan fingerprint density at radius 2 is 2.18 bits per heavy atom. The van der Waals surface area contributed by atoms with Crippen molar-refractivity contribution in [2.45, 2.75) is 6.54 Å². The maximum absolute atomic E-state index is 13.5. The SMILES string of the molecule is O=C(COc1ccc([N+](=O)[O-])cc1F)NCc1ccc(Cl)s1. The standard InChI is InChI=1S/C13H10ClFN2O4S/c14-12-4-2-9(22-12)6-16-13(18)7-21-11-3-1-8(17(19)20)5-10(11)15/h1-5H,6-7H2,(H,16,18). The summed E-state index contributed by atoms with van der Waals surface area (Å²) in [6.45, 7) is -0.101. The van der Waals surface area contributed by atoms with Crippen molar-refractivity contribution in [3.8, 4) is 5.75 Å². The van der Waals surface area contributed by atoms with Crippen LogP contribution >= 0.6 is 22.9 Å². The lowest BCUT2D eigenvalue weighted by atomic mass is 10.3. The number of carbonyl (C=O) groups excluding carboxylic acids is 1. The first-order valence-electron chi connectivity index (χ1n) is 6.03. The summed E-state index contributed by atoms with van der Waals surface area (Å²) in [6, 6.07) is 6.45. The molecule has 6 nitrogen and oxygen atoms in total. The summed E-state index contributed by atoms with van der Waals surface area (Å²) in [5, 5.41) is 13.1. The van der Waals surface area contributed by atoms with Gasteiger partial charge >= 0.3 is 0 Å². The summed E-state index contributed by atoms with van der Waals surface area (Å²) in [5.74, 6) is -1.56. The summed E-state index contributed by atoms with van der Waals surface area (Å²) in [6.07, 6.45) is 0. The normalized spacial score (nSPS) is 10.3. The summed E-state index contributed by atoms with van der Waals surface area (Å²) >= 11 is 7.10. The number of non-ortho nitro benzene ring substituents is 1. The van der Waals surface area contributed by atoms with Crippen LogP contribution in [0.1, 0.15) is 4.88 Å². The van der Waals surface area contributed by atoms with Gasteiger partial charge in [-0.05, 0) is 18.2 Å². The van der Waals surface area contributed by atoms with E-state index in [-0.39, 0.29) is 11.4 Å². The van der Waals surface area contributed by atoms with E-state index in [1.807, 2.05) is 0 Å². The van der Waals surface area contributed by atoms with Crippen LogP contribution in [-0.4, -0.2) is 17.4 Å². The summed E-state index contributed by atoms with van der Waals surface area (Å²) in [4.78, 5) is 22.2. The van der Waals surface area contributed by atoms with E-state index < -0.39 is 23.3 Å². The summed E-state index contributed by atoms with van der Waals surface area (Å²) < 4.78 is 19.2. The molecule has 0 atom stereocenters. The Labute approximate surface area is 133 Å². The number of nitro groups is 1. The Kier molecular flexibility index (Phi) is 5.29. The van der Waals surface area contributed by atoms with E-state index >= 15 is 0 Å². The van der Waals surface area contributed by atoms with Crippen LogP contribution in [-0.2, 0) is 11.3 Å². The molecule has 0 saturated carbocycles. The number of nitrogens with one attached hydrogen (secondary N) is 1. The molecule has 1 N–H and O–H groups in total. The minimum Gasteiger partial charge on any atom is -0.481 e. The van der Waals surface area contributed by atoms with E-state index in [9.17, 15) is 19.3 Å². The predicted octanol–water partition coefficient (Wildman–Crippen LogP) is 3.14. The molecule has 0 aliphatic carbocycles. The zero-order valence-corrected chi connectivity index (χ0v) is 12.6. The average molecular weight is 345 g/mol. The number of carbonyl (C=O) groups is 1. The van der Waals surface area contributed by atoms with Gasteiger partial charge in [-0.1, -0.05) is 11.6 Å². The van der Waals surface area contributed by atoms with Crippen molar-refractivity contribution in [2.24, 2.45) is 0 Å². The van der Waals surface area contributed by atoms with Crippen molar-refractivity contribution in [1.29, 1.82) is 0 Å². The van der Waals surface area contributed by atoms with Gasteiger partial charge in [0.15, 0.2) is 18.2 Å². The van der Waals surface area contributed by atoms with Gasteiger partial charge in [0.1, 0.15) is 0 Å². The Morgan fingerprint density at radius 3 is 2.77 bits per heavy atom. The molecule has 0 spiro atoms. The Balaban J connectivity index is 1.84. The molecule has 1 heterocycles. The highest BCUT2D eigenvalue weighted by atomic mass is 35.5. The van der Waals surface area contributed by atoms with Crippen molar-refractivity contribution in [3.63, 3.8) is 0 Å². The number of hydrogen-bond donors (Lipinski definition) is 1. The van der Waals surface area contributed by atoms with Crippen LogP contribution in [0.3, 0.4) is 0 Å². The Bertz CT molecular complexity index is 707. The number of halogens is 2. The molecule has 2 aromatic rings. The number of benzene rings is 1. The lowest BCUT2D eigenvalue weighted by Gasteiger charge is -2.07. The zero-order valence-electron chi connectivity index (χ0n) is 11.0. The molecule has 0 saturated heterocycles. The Morgan fingerprint density at radius 1 is 1.41 bits per heavy atom. The van der Waals surface area contributed by atoms with Gasteiger partial charge in [0.25, 0.3) is 11.6 Å². The third-order valence-electron chi connectivity index (χ3n) is 2.57. The molecule has 0 fully saturated rings. The van der Waals surface area contributed by atoms with Gasteiger partial charge in [-0.25, -0.2) is 4.39 Å². The largest absolute Gasteiger partial charge is 0.481 e. The first kappa shape index (κ1) is 16.2. The van der Waals surface area contributed by atoms with Gasteiger partial charge in [-0.15, -0.1) is 11.3 Å². The average Bonchev–Trinajstić information content (AvgIpc) is 2.89. The third-order valence-corrected chi connectivity index (χ3v) is 3.80. The first-order chi connectivity index (χ1) is 10.5. The van der Waals surface area contributed by atoms with E-state index in [0.29, 0.717) is 10.9 Å². The number of nitro benzene ring substituents is 1. The minimum absolute atomic E-state index is 0.222. The quantitative estimate of drug-likeness (QED) is 0.644. The van der Waals surface area contributed by atoms with Crippen molar-refractivity contribution in [2.75, 3.05) is 6.61 Å². The highest BCUT2D eigenvalue weighted by Crippen LogP contribution is 2.22. The van der Waals surface area contributed by atoms with Gasteiger partial charge < -0.3 is 10.1 Å². The van der Waals surface area contributed by atoms with Gasteiger partial charge in [0, 0.05) is 10.9 Å². The van der Waals surface area contributed by atoms with Gasteiger partial charge in [0.2, 0.25) is 0 Å². The first-order valence-corrected chi connectivity index (χ1v) is 7.23. The van der Waals surface area contributed by atoms with E-state index in [2.05, 4.69) is 5.32 Å².